The number of esters is 1. The number of halogens is 1. The fraction of sp³-hybridized carbons (Fsp3) is 0.222. The fourth-order valence-electron chi connectivity index (χ4n) is 2.45. The van der Waals surface area contributed by atoms with Crippen LogP contribution < -0.4 is 9.46 Å². The number of sulfonamides is 1. The molecule has 1 N–H and O–H groups in total. The van der Waals surface area contributed by atoms with Crippen LogP contribution in [0.4, 0.5) is 0 Å². The summed E-state index contributed by atoms with van der Waals surface area (Å²) in [7, 11) is -3.58. The molecule has 1 aliphatic heterocycles. The first-order chi connectivity index (χ1) is 13.0. The summed E-state index contributed by atoms with van der Waals surface area (Å²) in [5, 5.41) is 0.485. The molecule has 142 valence electrons. The lowest BCUT2D eigenvalue weighted by Gasteiger charge is -2.08. The van der Waals surface area contributed by atoms with E-state index < -0.39 is 16.0 Å². The molecular weight excluding hydrogens is 392 g/mol. The van der Waals surface area contributed by atoms with E-state index in [1.165, 1.54) is 6.07 Å². The predicted molar refractivity (Wildman–Crippen MR) is 101 cm³/mol. The van der Waals surface area contributed by atoms with Gasteiger partial charge in [0.25, 0.3) is 10.0 Å². The van der Waals surface area contributed by atoms with E-state index in [2.05, 4.69) is 9.71 Å². The summed E-state index contributed by atoms with van der Waals surface area (Å²) in [6, 6.07) is 13.6. The Morgan fingerprint density at radius 1 is 1.07 bits per heavy atom. The number of nitrogens with one attached hydrogen (secondary N) is 1. The average molecular weight is 409 g/mol. The number of hydrogen-bond acceptors (Lipinski definition) is 6. The van der Waals surface area contributed by atoms with Gasteiger partial charge in [-0.15, -0.1) is 0 Å². The van der Waals surface area contributed by atoms with Gasteiger partial charge in [0.15, 0.2) is 0 Å². The second-order valence-electron chi connectivity index (χ2n) is 5.58. The Morgan fingerprint density at radius 2 is 1.81 bits per heavy atom. The summed E-state index contributed by atoms with van der Waals surface area (Å²) in [5.74, 6) is 0.311. The van der Waals surface area contributed by atoms with Crippen molar-refractivity contribution in [1.29, 1.82) is 0 Å². The first kappa shape index (κ1) is 19.2. The van der Waals surface area contributed by atoms with Gasteiger partial charge in [0.2, 0.25) is 0 Å². The zero-order chi connectivity index (χ0) is 19.3. The third-order valence-electron chi connectivity index (χ3n) is 3.69. The molecule has 0 bridgehead atoms. The van der Waals surface area contributed by atoms with Crippen LogP contribution in [0, 0.1) is 0 Å². The van der Waals surface area contributed by atoms with Crippen molar-refractivity contribution in [3.63, 3.8) is 0 Å². The normalized spacial score (nSPS) is 15.8. The minimum Gasteiger partial charge on any atom is -0.488 e. The molecule has 1 aliphatic rings. The highest BCUT2D eigenvalue weighted by molar-refractivity contribution is 7.90. The summed E-state index contributed by atoms with van der Waals surface area (Å²) >= 11 is 5.96. The van der Waals surface area contributed by atoms with Crippen LogP contribution in [0.15, 0.2) is 58.4 Å². The van der Waals surface area contributed by atoms with Crippen molar-refractivity contribution in [2.75, 3.05) is 19.8 Å². The molecule has 0 spiro atoms. The van der Waals surface area contributed by atoms with Crippen LogP contribution in [0.25, 0.3) is 0 Å². The number of nitrogens with zero attached hydrogens (tertiary/aromatic N) is 1. The first-order valence-electron chi connectivity index (χ1n) is 8.17. The molecule has 9 heteroatoms. The number of ether oxygens (including phenoxy) is 2. The molecule has 0 atom stereocenters. The Morgan fingerprint density at radius 3 is 2.63 bits per heavy atom. The van der Waals surface area contributed by atoms with Crippen molar-refractivity contribution in [3.8, 4) is 5.75 Å². The Balaban J connectivity index is 1.44. The van der Waals surface area contributed by atoms with Crippen LogP contribution in [0.1, 0.15) is 12.0 Å². The molecule has 27 heavy (non-hydrogen) atoms. The van der Waals surface area contributed by atoms with Crippen LogP contribution in [-0.2, 0) is 19.6 Å². The van der Waals surface area contributed by atoms with Gasteiger partial charge in [-0.05, 0) is 24.3 Å². The molecule has 7 nitrogen and oxygen atoms in total. The number of fused-ring (bicyclic) bond motifs is 1. The Labute approximate surface area is 162 Å². The van der Waals surface area contributed by atoms with Crippen molar-refractivity contribution < 1.29 is 22.7 Å². The number of rotatable bonds is 7. The molecular formula is C18H17ClN2O5S. The van der Waals surface area contributed by atoms with Crippen molar-refractivity contribution in [2.24, 2.45) is 4.99 Å². The number of hydrogen-bond donors (Lipinski definition) is 1. The highest BCUT2D eigenvalue weighted by Gasteiger charge is 2.29. The molecule has 0 amide bonds. The minimum absolute atomic E-state index is 0.0273. The van der Waals surface area contributed by atoms with E-state index in [4.69, 9.17) is 21.1 Å². The Hall–Kier alpha value is -2.58. The zero-order valence-electron chi connectivity index (χ0n) is 14.2. The predicted octanol–water partition coefficient (Wildman–Crippen LogP) is 2.39. The van der Waals surface area contributed by atoms with Crippen LogP contribution in [0.5, 0.6) is 5.75 Å². The van der Waals surface area contributed by atoms with Crippen molar-refractivity contribution in [2.45, 2.75) is 11.3 Å². The topological polar surface area (TPSA) is 94.1 Å². The van der Waals surface area contributed by atoms with E-state index in [0.29, 0.717) is 16.3 Å². The minimum atomic E-state index is -3.58. The van der Waals surface area contributed by atoms with Gasteiger partial charge >= 0.3 is 5.97 Å². The molecule has 0 aromatic heterocycles. The van der Waals surface area contributed by atoms with Crippen molar-refractivity contribution in [1.82, 2.24) is 4.72 Å². The van der Waals surface area contributed by atoms with E-state index in [9.17, 15) is 13.2 Å². The number of benzene rings is 2. The average Bonchev–Trinajstić information content (AvgIpc) is 2.91. The lowest BCUT2D eigenvalue weighted by Crippen LogP contribution is -2.22. The molecule has 0 aliphatic carbocycles. The summed E-state index contributed by atoms with van der Waals surface area (Å²) in [6.07, 6.45) is 0.0273. The number of para-hydroxylation sites is 1. The molecule has 2 aromatic rings. The highest BCUT2D eigenvalue weighted by Crippen LogP contribution is 2.23. The molecule has 3 rings (SSSR count). The number of amidine groups is 1. The van der Waals surface area contributed by atoms with Gasteiger partial charge in [-0.25, -0.2) is 8.42 Å². The molecule has 0 saturated carbocycles. The molecule has 1 heterocycles. The van der Waals surface area contributed by atoms with Gasteiger partial charge in [-0.2, -0.15) is 0 Å². The Bertz CT molecular complexity index is 975. The fourth-order valence-corrected chi connectivity index (χ4v) is 3.89. The maximum Gasteiger partial charge on any atom is 0.307 e. The summed E-state index contributed by atoms with van der Waals surface area (Å²) in [4.78, 5) is 16.1. The van der Waals surface area contributed by atoms with Crippen LogP contribution in [0.3, 0.4) is 0 Å². The van der Waals surface area contributed by atoms with E-state index >= 15 is 0 Å². The molecule has 0 unspecified atom stereocenters. The van der Waals surface area contributed by atoms with Crippen molar-refractivity contribution >= 4 is 33.4 Å². The smallest absolute Gasteiger partial charge is 0.307 e. The van der Waals surface area contributed by atoms with E-state index in [1.54, 1.807) is 42.5 Å². The third kappa shape index (κ3) is 4.78. The lowest BCUT2D eigenvalue weighted by molar-refractivity contribution is -0.144. The largest absolute Gasteiger partial charge is 0.488 e. The van der Waals surface area contributed by atoms with E-state index in [1.807, 2.05) is 0 Å². The van der Waals surface area contributed by atoms with Gasteiger partial charge in [0.1, 0.15) is 24.8 Å². The van der Waals surface area contributed by atoms with Crippen molar-refractivity contribution in [3.05, 3.63) is 59.1 Å². The second kappa shape index (κ2) is 8.41. The first-order valence-corrected chi connectivity index (χ1v) is 10.0. The standard InChI is InChI=1S/C18H17ClN2O5S/c19-14-6-2-3-7-15(14)25-11-12-26-17(22)9-10-20-18-13-5-1-4-8-16(13)27(23,24)21-18/h1-8H,9-12H2,(H,20,21). The van der Waals surface area contributed by atoms with Crippen LogP contribution in [-0.4, -0.2) is 40.0 Å². The summed E-state index contributed by atoms with van der Waals surface area (Å²) in [6.45, 7) is 0.365. The summed E-state index contributed by atoms with van der Waals surface area (Å²) in [5.41, 5.74) is 0.499. The number of carbonyl (C=O) groups excluding carboxylic acids is 1. The molecule has 0 fully saturated rings. The summed E-state index contributed by atoms with van der Waals surface area (Å²) < 4.78 is 36.8. The zero-order valence-corrected chi connectivity index (χ0v) is 15.8. The monoisotopic (exact) mass is 408 g/mol. The van der Waals surface area contributed by atoms with Gasteiger partial charge in [0.05, 0.1) is 22.9 Å². The quantitative estimate of drug-likeness (QED) is 0.560. The molecule has 0 saturated heterocycles. The number of aliphatic imine (C=N–C) groups is 1. The van der Waals surface area contributed by atoms with E-state index in [-0.39, 0.29) is 36.9 Å². The third-order valence-corrected chi connectivity index (χ3v) is 5.40. The molecule has 2 aromatic carbocycles. The van der Waals surface area contributed by atoms with Gasteiger partial charge in [0, 0.05) is 5.56 Å². The van der Waals surface area contributed by atoms with Crippen LogP contribution >= 0.6 is 11.6 Å². The van der Waals surface area contributed by atoms with E-state index in [0.717, 1.165) is 0 Å². The van der Waals surface area contributed by atoms with Gasteiger partial charge in [-0.3, -0.25) is 14.5 Å². The van der Waals surface area contributed by atoms with Gasteiger partial charge in [-0.1, -0.05) is 35.9 Å². The number of carbonyl (C=O) groups is 1. The SMILES string of the molecule is O=C(CCN=C1NS(=O)(=O)c2ccccc21)OCCOc1ccccc1Cl. The van der Waals surface area contributed by atoms with Crippen LogP contribution in [0.2, 0.25) is 5.02 Å². The maximum atomic E-state index is 12.0. The lowest BCUT2D eigenvalue weighted by atomic mass is 10.2. The molecule has 0 radical (unpaired) electrons. The second-order valence-corrected chi connectivity index (χ2v) is 7.64. The maximum absolute atomic E-state index is 12.0. The highest BCUT2D eigenvalue weighted by atomic mass is 35.5. The Kier molecular flexibility index (Phi) is 5.98. The van der Waals surface area contributed by atoms with Gasteiger partial charge < -0.3 is 9.47 Å².